The van der Waals surface area contributed by atoms with E-state index in [9.17, 15) is 0 Å². The smallest absolute Gasteiger partial charge is 0.163 e. The number of fused-ring (bicyclic) bond motifs is 1. The third-order valence-electron chi connectivity index (χ3n) is 3.85. The van der Waals surface area contributed by atoms with Crippen LogP contribution in [0, 0.1) is 5.92 Å². The average Bonchev–Trinajstić information content (AvgIpc) is 2.58. The van der Waals surface area contributed by atoms with Gasteiger partial charge in [-0.2, -0.15) is 0 Å². The minimum absolute atomic E-state index is 0.452. The summed E-state index contributed by atoms with van der Waals surface area (Å²) in [5, 5.41) is 4.11. The summed E-state index contributed by atoms with van der Waals surface area (Å²) in [5.41, 5.74) is 1.59. The first kappa shape index (κ1) is 11.8. The van der Waals surface area contributed by atoms with Crippen LogP contribution in [0.2, 0.25) is 5.02 Å². The summed E-state index contributed by atoms with van der Waals surface area (Å²) in [6, 6.07) is 2.32. The average molecular weight is 265 g/mol. The van der Waals surface area contributed by atoms with Gasteiger partial charge < -0.3 is 9.88 Å². The predicted molar refractivity (Wildman–Crippen MR) is 73.9 cm³/mol. The van der Waals surface area contributed by atoms with Crippen molar-refractivity contribution >= 4 is 28.6 Å². The molecule has 0 amide bonds. The highest BCUT2D eigenvalue weighted by atomic mass is 35.5. The van der Waals surface area contributed by atoms with E-state index in [1.54, 1.807) is 6.33 Å². The molecule has 2 aromatic heterocycles. The molecular weight excluding hydrogens is 248 g/mol. The Kier molecular flexibility index (Phi) is 2.90. The van der Waals surface area contributed by atoms with Crippen LogP contribution in [-0.4, -0.2) is 20.6 Å². The maximum atomic E-state index is 6.23. The molecule has 3 rings (SSSR count). The summed E-state index contributed by atoms with van der Waals surface area (Å²) in [5.74, 6) is 1.61. The lowest BCUT2D eigenvalue weighted by atomic mass is 9.80. The summed E-state index contributed by atoms with van der Waals surface area (Å²) in [4.78, 5) is 8.82. The molecule has 1 unspecified atom stereocenters. The molecule has 1 aliphatic carbocycles. The van der Waals surface area contributed by atoms with Gasteiger partial charge in [0.25, 0.3) is 0 Å². The molecule has 96 valence electrons. The number of rotatable bonds is 3. The van der Waals surface area contributed by atoms with Crippen molar-refractivity contribution in [3.8, 4) is 0 Å². The highest BCUT2D eigenvalue weighted by Crippen LogP contribution is 2.31. The molecule has 0 bridgehead atoms. The second-order valence-electron chi connectivity index (χ2n) is 5.14. The third kappa shape index (κ3) is 1.94. The first-order valence-electron chi connectivity index (χ1n) is 6.39. The number of hydrogen-bond acceptors (Lipinski definition) is 3. The number of aryl methyl sites for hydroxylation is 1. The third-order valence-corrected chi connectivity index (χ3v) is 4.14. The minimum Gasteiger partial charge on any atom is -0.367 e. The van der Waals surface area contributed by atoms with Crippen molar-refractivity contribution in [3.05, 3.63) is 17.4 Å². The van der Waals surface area contributed by atoms with Gasteiger partial charge in [0, 0.05) is 19.2 Å². The first-order valence-corrected chi connectivity index (χ1v) is 6.77. The summed E-state index contributed by atoms with van der Waals surface area (Å²) in [6.45, 7) is 2.22. The zero-order chi connectivity index (χ0) is 12.7. The zero-order valence-corrected chi connectivity index (χ0v) is 11.4. The van der Waals surface area contributed by atoms with Crippen LogP contribution in [0.25, 0.3) is 11.2 Å². The van der Waals surface area contributed by atoms with Crippen LogP contribution < -0.4 is 5.32 Å². The lowest BCUT2D eigenvalue weighted by Crippen LogP contribution is -2.31. The fourth-order valence-electron chi connectivity index (χ4n) is 2.42. The second-order valence-corrected chi connectivity index (χ2v) is 5.55. The van der Waals surface area contributed by atoms with Gasteiger partial charge in [0.2, 0.25) is 0 Å². The van der Waals surface area contributed by atoms with Crippen molar-refractivity contribution < 1.29 is 0 Å². The molecule has 1 aliphatic rings. The summed E-state index contributed by atoms with van der Waals surface area (Å²) in [7, 11) is 1.93. The van der Waals surface area contributed by atoms with Crippen LogP contribution in [-0.2, 0) is 7.05 Å². The maximum absolute atomic E-state index is 6.23. The molecule has 0 aliphatic heterocycles. The van der Waals surface area contributed by atoms with Crippen LogP contribution in [0.5, 0.6) is 0 Å². The van der Waals surface area contributed by atoms with E-state index in [2.05, 4.69) is 22.2 Å². The van der Waals surface area contributed by atoms with Crippen LogP contribution in [0.15, 0.2) is 12.4 Å². The van der Waals surface area contributed by atoms with Crippen LogP contribution >= 0.6 is 11.6 Å². The van der Waals surface area contributed by atoms with Crippen molar-refractivity contribution in [2.45, 2.75) is 32.2 Å². The lowest BCUT2D eigenvalue weighted by Gasteiger charge is -2.32. The summed E-state index contributed by atoms with van der Waals surface area (Å²) < 4.78 is 1.89. The number of nitrogens with zero attached hydrogens (tertiary/aromatic N) is 3. The van der Waals surface area contributed by atoms with E-state index in [1.165, 1.54) is 19.3 Å². The van der Waals surface area contributed by atoms with E-state index in [4.69, 9.17) is 11.6 Å². The molecule has 18 heavy (non-hydrogen) atoms. The van der Waals surface area contributed by atoms with Crippen molar-refractivity contribution in [1.29, 1.82) is 0 Å². The predicted octanol–water partition coefficient (Wildman–Crippen LogP) is 3.22. The Hall–Kier alpha value is -1.29. The van der Waals surface area contributed by atoms with Gasteiger partial charge in [-0.1, -0.05) is 18.0 Å². The molecule has 5 heteroatoms. The van der Waals surface area contributed by atoms with Gasteiger partial charge in [-0.25, -0.2) is 9.97 Å². The molecule has 1 saturated carbocycles. The first-order chi connectivity index (χ1) is 8.65. The SMILES string of the molecule is CC(Nc1cc(Cl)c2ncn(C)c2n1)C1CCC1. The molecule has 1 N–H and O–H groups in total. The second kappa shape index (κ2) is 4.43. The quantitative estimate of drug-likeness (QED) is 0.926. The number of halogens is 1. The van der Waals surface area contributed by atoms with Gasteiger partial charge in [-0.05, 0) is 25.7 Å². The Morgan fingerprint density at radius 3 is 2.94 bits per heavy atom. The van der Waals surface area contributed by atoms with E-state index < -0.39 is 0 Å². The molecule has 2 aromatic rings. The van der Waals surface area contributed by atoms with Gasteiger partial charge in [-0.3, -0.25) is 0 Å². The van der Waals surface area contributed by atoms with Crippen LogP contribution in [0.4, 0.5) is 5.82 Å². The van der Waals surface area contributed by atoms with E-state index in [0.29, 0.717) is 11.1 Å². The molecule has 0 saturated heterocycles. The largest absolute Gasteiger partial charge is 0.367 e. The van der Waals surface area contributed by atoms with E-state index in [1.807, 2.05) is 17.7 Å². The molecule has 2 heterocycles. The van der Waals surface area contributed by atoms with Gasteiger partial charge in [0.05, 0.1) is 11.3 Å². The summed E-state index contributed by atoms with van der Waals surface area (Å²) >= 11 is 6.23. The van der Waals surface area contributed by atoms with Crippen molar-refractivity contribution in [3.63, 3.8) is 0 Å². The van der Waals surface area contributed by atoms with Crippen molar-refractivity contribution in [1.82, 2.24) is 14.5 Å². The van der Waals surface area contributed by atoms with Crippen molar-refractivity contribution in [2.75, 3.05) is 5.32 Å². The Bertz CT molecular complexity index is 574. The maximum Gasteiger partial charge on any atom is 0.163 e. The molecule has 1 fully saturated rings. The number of pyridine rings is 1. The number of nitrogens with one attached hydrogen (secondary N) is 1. The molecule has 4 nitrogen and oxygen atoms in total. The Morgan fingerprint density at radius 2 is 2.28 bits per heavy atom. The van der Waals surface area contributed by atoms with Crippen LogP contribution in [0.3, 0.4) is 0 Å². The Balaban J connectivity index is 1.89. The highest BCUT2D eigenvalue weighted by molar-refractivity contribution is 6.35. The van der Waals surface area contributed by atoms with E-state index in [-0.39, 0.29) is 0 Å². The normalized spacial score (nSPS) is 17.7. The number of hydrogen-bond donors (Lipinski definition) is 1. The van der Waals surface area contributed by atoms with Gasteiger partial charge >= 0.3 is 0 Å². The minimum atomic E-state index is 0.452. The van der Waals surface area contributed by atoms with E-state index >= 15 is 0 Å². The molecule has 0 spiro atoms. The standard InChI is InChI=1S/C13H17ClN4/c1-8(9-4-3-5-9)16-11-6-10(14)12-13(17-11)18(2)7-15-12/h6-9H,3-5H2,1-2H3,(H,16,17). The fraction of sp³-hybridized carbons (Fsp3) is 0.538. The topological polar surface area (TPSA) is 42.7 Å². The van der Waals surface area contributed by atoms with Crippen LogP contribution in [0.1, 0.15) is 26.2 Å². The van der Waals surface area contributed by atoms with E-state index in [0.717, 1.165) is 22.9 Å². The van der Waals surface area contributed by atoms with Crippen molar-refractivity contribution in [2.24, 2.45) is 13.0 Å². The Morgan fingerprint density at radius 1 is 1.50 bits per heavy atom. The lowest BCUT2D eigenvalue weighted by molar-refractivity contribution is 0.285. The Labute approximate surface area is 111 Å². The van der Waals surface area contributed by atoms with Gasteiger partial charge in [0.1, 0.15) is 11.3 Å². The molecular formula is C13H17ClN4. The number of anilines is 1. The fourth-order valence-corrected chi connectivity index (χ4v) is 2.66. The van der Waals surface area contributed by atoms with Gasteiger partial charge in [-0.15, -0.1) is 0 Å². The highest BCUT2D eigenvalue weighted by Gasteiger charge is 2.24. The zero-order valence-electron chi connectivity index (χ0n) is 10.7. The molecule has 1 atom stereocenters. The number of aromatic nitrogens is 3. The monoisotopic (exact) mass is 264 g/mol. The molecule has 0 aromatic carbocycles. The molecule has 0 radical (unpaired) electrons. The number of imidazole rings is 1. The van der Waals surface area contributed by atoms with Gasteiger partial charge in [0.15, 0.2) is 5.65 Å². The summed E-state index contributed by atoms with van der Waals surface area (Å²) in [6.07, 6.45) is 5.72.